The Kier molecular flexibility index (Phi) is 4.67. The summed E-state index contributed by atoms with van der Waals surface area (Å²) >= 11 is 0. The first kappa shape index (κ1) is 18.4. The molecule has 4 aromatic rings. The van der Waals surface area contributed by atoms with E-state index < -0.39 is 0 Å². The number of para-hydroxylation sites is 1. The molecule has 0 radical (unpaired) electrons. The highest BCUT2D eigenvalue weighted by atomic mass is 16.2. The maximum absolute atomic E-state index is 13.1. The Hall–Kier alpha value is -3.67. The van der Waals surface area contributed by atoms with E-state index in [9.17, 15) is 4.79 Å². The quantitative estimate of drug-likeness (QED) is 0.550. The van der Waals surface area contributed by atoms with E-state index >= 15 is 0 Å². The summed E-state index contributed by atoms with van der Waals surface area (Å²) in [6.07, 6.45) is 5.47. The third-order valence-electron chi connectivity index (χ3n) is 5.54. The Balaban J connectivity index is 1.44. The maximum atomic E-state index is 13.1. The van der Waals surface area contributed by atoms with Crippen molar-refractivity contribution in [3.05, 3.63) is 78.4 Å². The summed E-state index contributed by atoms with van der Waals surface area (Å²) in [4.78, 5) is 17.9. The number of fused-ring (bicyclic) bond motifs is 1. The molecule has 30 heavy (non-hydrogen) atoms. The highest BCUT2D eigenvalue weighted by Gasteiger charge is 2.18. The van der Waals surface area contributed by atoms with Gasteiger partial charge in [-0.2, -0.15) is 5.10 Å². The van der Waals surface area contributed by atoms with Gasteiger partial charge in [-0.25, -0.2) is 4.98 Å². The van der Waals surface area contributed by atoms with Crippen LogP contribution < -0.4 is 5.32 Å². The molecule has 1 aliphatic heterocycles. The van der Waals surface area contributed by atoms with Crippen LogP contribution in [0.3, 0.4) is 0 Å². The Morgan fingerprint density at radius 2 is 1.80 bits per heavy atom. The predicted molar refractivity (Wildman–Crippen MR) is 117 cm³/mol. The van der Waals surface area contributed by atoms with Crippen LogP contribution in [0.15, 0.2) is 66.9 Å². The van der Waals surface area contributed by atoms with Crippen molar-refractivity contribution in [2.75, 3.05) is 5.32 Å². The van der Waals surface area contributed by atoms with Gasteiger partial charge in [-0.1, -0.05) is 48.5 Å². The lowest BCUT2D eigenvalue weighted by Crippen LogP contribution is -2.16. The average molecular weight is 397 g/mol. The van der Waals surface area contributed by atoms with Gasteiger partial charge in [0.2, 0.25) is 0 Å². The molecule has 0 unspecified atom stereocenters. The second-order valence-corrected chi connectivity index (χ2v) is 7.60. The first-order valence-electron chi connectivity index (χ1n) is 10.3. The lowest BCUT2D eigenvalue weighted by molar-refractivity contribution is 0.101. The number of amides is 1. The number of carbonyl (C=O) groups excluding carboxylic acids is 1. The molecular formula is C24H23N5O. The number of nitrogens with one attached hydrogen (secondary N) is 1. The summed E-state index contributed by atoms with van der Waals surface area (Å²) in [6, 6.07) is 19.5. The Bertz CT molecular complexity index is 1180. The third-order valence-corrected chi connectivity index (χ3v) is 5.54. The summed E-state index contributed by atoms with van der Waals surface area (Å²) in [5.41, 5.74) is 4.85. The van der Waals surface area contributed by atoms with E-state index in [1.165, 1.54) is 12.8 Å². The first-order valence-corrected chi connectivity index (χ1v) is 10.3. The normalized spacial score (nSPS) is 13.1. The average Bonchev–Trinajstić information content (AvgIpc) is 3.38. The van der Waals surface area contributed by atoms with Crippen LogP contribution in [0.4, 0.5) is 5.69 Å². The summed E-state index contributed by atoms with van der Waals surface area (Å²) in [5.74, 6) is 0.931. The van der Waals surface area contributed by atoms with Crippen molar-refractivity contribution in [1.29, 1.82) is 0 Å². The van der Waals surface area contributed by atoms with Crippen LogP contribution in [-0.2, 0) is 20.0 Å². The second kappa shape index (κ2) is 7.63. The van der Waals surface area contributed by atoms with E-state index in [1.54, 1.807) is 11.7 Å². The van der Waals surface area contributed by atoms with Crippen LogP contribution in [0.2, 0.25) is 0 Å². The van der Waals surface area contributed by atoms with E-state index in [1.807, 2.05) is 60.7 Å². The summed E-state index contributed by atoms with van der Waals surface area (Å²) in [6.45, 7) is 1.01. The van der Waals surface area contributed by atoms with Crippen molar-refractivity contribution in [2.45, 2.75) is 25.8 Å². The predicted octanol–water partition coefficient (Wildman–Crippen LogP) is 4.54. The Morgan fingerprint density at radius 1 is 1.00 bits per heavy atom. The van der Waals surface area contributed by atoms with E-state index in [2.05, 4.69) is 21.2 Å². The molecular weight excluding hydrogens is 374 g/mol. The fourth-order valence-corrected chi connectivity index (χ4v) is 3.97. The molecule has 0 atom stereocenters. The van der Waals surface area contributed by atoms with Gasteiger partial charge in [0.05, 0.1) is 17.1 Å². The zero-order valence-corrected chi connectivity index (χ0v) is 16.9. The van der Waals surface area contributed by atoms with E-state index in [0.29, 0.717) is 5.69 Å². The number of anilines is 1. The Labute approximate surface area is 175 Å². The number of hydrogen-bond donors (Lipinski definition) is 1. The number of imidazole rings is 1. The highest BCUT2D eigenvalue weighted by molar-refractivity contribution is 6.05. The molecule has 6 nitrogen and oxygen atoms in total. The molecule has 2 aromatic heterocycles. The number of nitrogens with zero attached hydrogens (tertiary/aromatic N) is 4. The summed E-state index contributed by atoms with van der Waals surface area (Å²) in [5, 5.41) is 7.57. The molecule has 6 heteroatoms. The van der Waals surface area contributed by atoms with Gasteiger partial charge in [0.25, 0.3) is 5.91 Å². The second-order valence-electron chi connectivity index (χ2n) is 7.60. The van der Waals surface area contributed by atoms with Crippen molar-refractivity contribution >= 4 is 11.6 Å². The largest absolute Gasteiger partial charge is 0.334 e. The van der Waals surface area contributed by atoms with Gasteiger partial charge in [0.1, 0.15) is 11.5 Å². The molecule has 0 bridgehead atoms. The van der Waals surface area contributed by atoms with Crippen molar-refractivity contribution in [3.63, 3.8) is 0 Å². The molecule has 3 heterocycles. The third kappa shape index (κ3) is 3.41. The zero-order valence-electron chi connectivity index (χ0n) is 16.9. The van der Waals surface area contributed by atoms with Gasteiger partial charge in [0.15, 0.2) is 0 Å². The molecule has 5 rings (SSSR count). The lowest BCUT2D eigenvalue weighted by Gasteiger charge is -2.11. The van der Waals surface area contributed by atoms with Gasteiger partial charge in [0, 0.05) is 37.3 Å². The fraction of sp³-hybridized carbons (Fsp3) is 0.208. The van der Waals surface area contributed by atoms with Gasteiger partial charge >= 0.3 is 0 Å². The maximum Gasteiger partial charge on any atom is 0.273 e. The molecule has 0 fully saturated rings. The zero-order chi connectivity index (χ0) is 20.5. The molecule has 1 N–H and O–H groups in total. The van der Waals surface area contributed by atoms with E-state index in [-0.39, 0.29) is 5.91 Å². The first-order chi connectivity index (χ1) is 14.7. The molecule has 1 aliphatic rings. The minimum Gasteiger partial charge on any atom is -0.334 e. The van der Waals surface area contributed by atoms with Crippen LogP contribution in [0.5, 0.6) is 0 Å². The monoisotopic (exact) mass is 397 g/mol. The van der Waals surface area contributed by atoms with Gasteiger partial charge in [-0.15, -0.1) is 0 Å². The van der Waals surface area contributed by atoms with Crippen molar-refractivity contribution < 1.29 is 4.79 Å². The van der Waals surface area contributed by atoms with Crippen molar-refractivity contribution in [1.82, 2.24) is 19.3 Å². The lowest BCUT2D eigenvalue weighted by atomic mass is 10.1. The molecule has 0 aliphatic carbocycles. The number of carbonyl (C=O) groups is 1. The van der Waals surface area contributed by atoms with Crippen molar-refractivity contribution in [3.8, 4) is 22.5 Å². The van der Waals surface area contributed by atoms with E-state index in [0.717, 1.165) is 47.0 Å². The van der Waals surface area contributed by atoms with E-state index in [4.69, 9.17) is 4.98 Å². The topological polar surface area (TPSA) is 64.7 Å². The molecule has 2 aromatic carbocycles. The summed E-state index contributed by atoms with van der Waals surface area (Å²) < 4.78 is 3.85. The van der Waals surface area contributed by atoms with Crippen molar-refractivity contribution in [2.24, 2.45) is 7.05 Å². The van der Waals surface area contributed by atoms with Crippen LogP contribution in [0.25, 0.3) is 22.5 Å². The molecule has 0 saturated heterocycles. The smallest absolute Gasteiger partial charge is 0.273 e. The fourth-order valence-electron chi connectivity index (χ4n) is 3.97. The number of aromatic nitrogens is 4. The molecule has 0 spiro atoms. The van der Waals surface area contributed by atoms with Crippen LogP contribution >= 0.6 is 0 Å². The van der Waals surface area contributed by atoms with Gasteiger partial charge < -0.3 is 9.88 Å². The van der Waals surface area contributed by atoms with Crippen LogP contribution in [0, 0.1) is 0 Å². The Morgan fingerprint density at radius 3 is 2.63 bits per heavy atom. The van der Waals surface area contributed by atoms with Crippen LogP contribution in [-0.4, -0.2) is 25.2 Å². The number of benzene rings is 2. The minimum absolute atomic E-state index is 0.191. The van der Waals surface area contributed by atoms with Crippen LogP contribution in [0.1, 0.15) is 29.2 Å². The number of aryl methyl sites for hydroxylation is 3. The number of rotatable bonds is 4. The number of hydrogen-bond acceptors (Lipinski definition) is 3. The molecule has 0 saturated carbocycles. The molecule has 1 amide bonds. The standard InChI is InChI=1S/C24H23N5O/c1-28-22(15-20(27-28)17-9-3-2-4-10-17)24(30)26-19-12-6-5-11-18(19)21-16-29-14-8-7-13-23(29)25-21/h2-6,9-12,15-16H,7-8,13-14H2,1H3,(H,26,30). The van der Waals surface area contributed by atoms with Gasteiger partial charge in [-0.3, -0.25) is 9.48 Å². The highest BCUT2D eigenvalue weighted by Crippen LogP contribution is 2.29. The molecule has 150 valence electrons. The minimum atomic E-state index is -0.191. The SMILES string of the molecule is Cn1nc(-c2ccccc2)cc1C(=O)Nc1ccccc1-c1cn2c(n1)CCCC2. The van der Waals surface area contributed by atoms with Gasteiger partial charge in [-0.05, 0) is 25.0 Å². The summed E-state index contributed by atoms with van der Waals surface area (Å²) in [7, 11) is 1.79.